The molecule has 4 aromatic carbocycles. The molecule has 0 aliphatic rings. The van der Waals surface area contributed by atoms with Gasteiger partial charge in [0.2, 0.25) is 15.9 Å². The van der Waals surface area contributed by atoms with Gasteiger partial charge in [-0.25, -0.2) is 13.1 Å². The number of aromatic nitrogens is 2. The number of methoxy groups -OCH3 is 1. The second-order valence-electron chi connectivity index (χ2n) is 10.1. The minimum absolute atomic E-state index is 0.123. The summed E-state index contributed by atoms with van der Waals surface area (Å²) in [4.78, 5) is 13.9. The van der Waals surface area contributed by atoms with Crippen molar-refractivity contribution < 1.29 is 17.9 Å². The Morgan fingerprint density at radius 3 is 2.33 bits per heavy atom. The zero-order valence-corrected chi connectivity index (χ0v) is 24.8. The van der Waals surface area contributed by atoms with E-state index in [1.54, 1.807) is 30.0 Å². The maximum atomic E-state index is 13.9. The van der Waals surface area contributed by atoms with Crippen LogP contribution in [-0.2, 0) is 19.6 Å². The Hall–Kier alpha value is -4.31. The van der Waals surface area contributed by atoms with Crippen LogP contribution in [-0.4, -0.2) is 55.2 Å². The second kappa shape index (κ2) is 12.7. The summed E-state index contributed by atoms with van der Waals surface area (Å²) in [6, 6.07) is 30.1. The molecular weight excluding hydrogens is 548 g/mol. The lowest BCUT2D eigenvalue weighted by molar-refractivity contribution is -0.116. The lowest BCUT2D eigenvalue weighted by atomic mass is 10.1. The van der Waals surface area contributed by atoms with Crippen molar-refractivity contribution in [3.63, 3.8) is 0 Å². The van der Waals surface area contributed by atoms with E-state index in [4.69, 9.17) is 9.84 Å². The molecule has 0 saturated heterocycles. The van der Waals surface area contributed by atoms with Gasteiger partial charge in [0, 0.05) is 25.8 Å². The first-order valence-electron chi connectivity index (χ1n) is 13.8. The fourth-order valence-corrected chi connectivity index (χ4v) is 6.52. The topological polar surface area (TPSA) is 93.5 Å². The van der Waals surface area contributed by atoms with Gasteiger partial charge in [-0.1, -0.05) is 78.9 Å². The van der Waals surface area contributed by atoms with Crippen LogP contribution in [0, 0.1) is 13.8 Å². The number of ether oxygens (including phenoxy) is 1. The molecule has 0 atom stereocenters. The van der Waals surface area contributed by atoms with E-state index in [1.165, 1.54) is 4.31 Å². The van der Waals surface area contributed by atoms with Crippen LogP contribution >= 0.6 is 0 Å². The number of anilines is 1. The van der Waals surface area contributed by atoms with Crippen molar-refractivity contribution in [3.8, 4) is 16.8 Å². The van der Waals surface area contributed by atoms with Crippen LogP contribution in [0.25, 0.3) is 27.6 Å². The van der Waals surface area contributed by atoms with Crippen molar-refractivity contribution in [2.45, 2.75) is 25.2 Å². The first-order chi connectivity index (χ1) is 20.3. The highest BCUT2D eigenvalue weighted by atomic mass is 32.2. The Kier molecular flexibility index (Phi) is 8.82. The van der Waals surface area contributed by atoms with Crippen molar-refractivity contribution in [3.05, 3.63) is 108 Å². The van der Waals surface area contributed by atoms with Crippen molar-refractivity contribution in [2.75, 3.05) is 32.1 Å². The maximum absolute atomic E-state index is 13.9. The number of sulfonamides is 1. The Bertz CT molecular complexity index is 1820. The third-order valence-corrected chi connectivity index (χ3v) is 9.00. The predicted molar refractivity (Wildman–Crippen MR) is 166 cm³/mol. The van der Waals surface area contributed by atoms with Crippen LogP contribution in [0.1, 0.15) is 17.7 Å². The van der Waals surface area contributed by atoms with Gasteiger partial charge in [0.25, 0.3) is 0 Å². The lowest BCUT2D eigenvalue weighted by Gasteiger charge is -2.22. The molecule has 5 aromatic rings. The number of hydrogen-bond acceptors (Lipinski definition) is 5. The minimum Gasteiger partial charge on any atom is -0.385 e. The molecule has 1 heterocycles. The molecule has 1 aromatic heterocycles. The highest BCUT2D eigenvalue weighted by Gasteiger charge is 2.28. The van der Waals surface area contributed by atoms with Crippen molar-refractivity contribution in [1.29, 1.82) is 0 Å². The number of nitrogens with zero attached hydrogens (tertiary/aromatic N) is 3. The van der Waals surface area contributed by atoms with Gasteiger partial charge in [0.1, 0.15) is 5.82 Å². The summed E-state index contributed by atoms with van der Waals surface area (Å²) in [7, 11) is -2.43. The SMILES string of the molecule is COCCCN(CC(=O)Nc1c(-c2ccccc2)c(C)nn1-c1ccccc1C)S(=O)(=O)c1ccc2ccccc2c1. The average molecular weight is 583 g/mol. The second-order valence-corrected chi connectivity index (χ2v) is 12.1. The Morgan fingerprint density at radius 2 is 1.60 bits per heavy atom. The fraction of sp³-hybridized carbons (Fsp3) is 0.212. The molecule has 0 aliphatic carbocycles. The zero-order valence-electron chi connectivity index (χ0n) is 23.9. The minimum atomic E-state index is -3.99. The number of amides is 1. The number of benzene rings is 4. The molecule has 1 N–H and O–H groups in total. The third kappa shape index (κ3) is 6.13. The Balaban J connectivity index is 1.51. The van der Waals surface area contributed by atoms with Crippen molar-refractivity contribution in [1.82, 2.24) is 14.1 Å². The molecule has 0 bridgehead atoms. The molecule has 0 spiro atoms. The molecule has 8 nitrogen and oxygen atoms in total. The van der Waals surface area contributed by atoms with Crippen LogP contribution < -0.4 is 5.32 Å². The number of hydrogen-bond donors (Lipinski definition) is 1. The van der Waals surface area contributed by atoms with E-state index in [-0.39, 0.29) is 18.0 Å². The molecule has 1 amide bonds. The summed E-state index contributed by atoms with van der Waals surface area (Å²) in [5.74, 6) is 0.0154. The molecule has 0 unspecified atom stereocenters. The van der Waals surface area contributed by atoms with Crippen LogP contribution in [0.5, 0.6) is 0 Å². The van der Waals surface area contributed by atoms with Gasteiger partial charge in [-0.05, 0) is 60.4 Å². The Morgan fingerprint density at radius 1 is 0.905 bits per heavy atom. The molecule has 0 aliphatic heterocycles. The summed E-state index contributed by atoms with van der Waals surface area (Å²) in [5.41, 5.74) is 4.20. The molecule has 0 fully saturated rings. The normalized spacial score (nSPS) is 11.7. The van der Waals surface area contributed by atoms with E-state index >= 15 is 0 Å². The summed E-state index contributed by atoms with van der Waals surface area (Å²) < 4.78 is 35.9. The molecule has 42 heavy (non-hydrogen) atoms. The molecule has 216 valence electrons. The highest BCUT2D eigenvalue weighted by molar-refractivity contribution is 7.89. The average Bonchev–Trinajstić information content (AvgIpc) is 3.31. The van der Waals surface area contributed by atoms with Crippen molar-refractivity contribution in [2.24, 2.45) is 0 Å². The maximum Gasteiger partial charge on any atom is 0.243 e. The van der Waals surface area contributed by atoms with Gasteiger partial charge < -0.3 is 10.1 Å². The first-order valence-corrected chi connectivity index (χ1v) is 15.2. The van der Waals surface area contributed by atoms with Crippen molar-refractivity contribution >= 4 is 32.5 Å². The van der Waals surface area contributed by atoms with E-state index in [9.17, 15) is 13.2 Å². The van der Waals surface area contributed by atoms with Gasteiger partial charge in [0.15, 0.2) is 0 Å². The van der Waals surface area contributed by atoms with E-state index in [0.29, 0.717) is 18.8 Å². The number of carbonyl (C=O) groups excluding carboxylic acids is 1. The number of fused-ring (bicyclic) bond motifs is 1. The smallest absolute Gasteiger partial charge is 0.243 e. The van der Waals surface area contributed by atoms with Crippen LogP contribution in [0.4, 0.5) is 5.82 Å². The van der Waals surface area contributed by atoms with E-state index in [1.807, 2.05) is 92.7 Å². The quantitative estimate of drug-likeness (QED) is 0.194. The van der Waals surface area contributed by atoms with E-state index in [2.05, 4.69) is 5.32 Å². The molecular formula is C33H34N4O4S. The Labute approximate surface area is 246 Å². The molecule has 0 saturated carbocycles. The molecule has 0 radical (unpaired) electrons. The summed E-state index contributed by atoms with van der Waals surface area (Å²) in [6.07, 6.45) is 0.437. The first kappa shape index (κ1) is 29.2. The van der Waals surface area contributed by atoms with Gasteiger partial charge >= 0.3 is 0 Å². The molecule has 9 heteroatoms. The van der Waals surface area contributed by atoms with Gasteiger partial charge in [0.05, 0.1) is 22.8 Å². The van der Waals surface area contributed by atoms with Gasteiger partial charge in [-0.15, -0.1) is 0 Å². The number of nitrogens with one attached hydrogen (secondary N) is 1. The van der Waals surface area contributed by atoms with Crippen LogP contribution in [0.3, 0.4) is 0 Å². The van der Waals surface area contributed by atoms with E-state index < -0.39 is 15.9 Å². The van der Waals surface area contributed by atoms with E-state index in [0.717, 1.165) is 38.8 Å². The zero-order chi connectivity index (χ0) is 29.7. The fourth-order valence-electron chi connectivity index (χ4n) is 5.05. The van der Waals surface area contributed by atoms with Crippen LogP contribution in [0.2, 0.25) is 0 Å². The third-order valence-electron chi connectivity index (χ3n) is 7.16. The van der Waals surface area contributed by atoms with Crippen LogP contribution in [0.15, 0.2) is 102 Å². The standard InChI is InChI=1S/C33H34N4O4S/c1-24-12-7-10-17-30(24)37-33(32(25(2)35-37)27-14-5-4-6-15-27)34-31(38)23-36(20-11-21-41-3)42(39,40)29-19-18-26-13-8-9-16-28(26)22-29/h4-10,12-19,22H,11,20-21,23H2,1-3H3,(H,34,38). The number of aryl methyl sites for hydroxylation is 2. The number of para-hydroxylation sites is 1. The highest BCUT2D eigenvalue weighted by Crippen LogP contribution is 2.34. The lowest BCUT2D eigenvalue weighted by Crippen LogP contribution is -2.39. The number of rotatable bonds is 11. The largest absolute Gasteiger partial charge is 0.385 e. The summed E-state index contributed by atoms with van der Waals surface area (Å²) in [5, 5.41) is 9.56. The van der Waals surface area contributed by atoms with Gasteiger partial charge in [-0.2, -0.15) is 9.40 Å². The summed E-state index contributed by atoms with van der Waals surface area (Å²) >= 11 is 0. The monoisotopic (exact) mass is 582 g/mol. The predicted octanol–water partition coefficient (Wildman–Crippen LogP) is 5.98. The van der Waals surface area contributed by atoms with Gasteiger partial charge in [-0.3, -0.25) is 4.79 Å². The molecule has 5 rings (SSSR count). The number of carbonyl (C=O) groups is 1. The summed E-state index contributed by atoms with van der Waals surface area (Å²) in [6.45, 7) is 3.99.